The first kappa shape index (κ1) is 15.0. The first-order chi connectivity index (χ1) is 8.80. The third-order valence-electron chi connectivity index (χ3n) is 3.19. The third-order valence-corrected chi connectivity index (χ3v) is 3.19. The van der Waals surface area contributed by atoms with E-state index in [4.69, 9.17) is 4.74 Å². The van der Waals surface area contributed by atoms with Crippen molar-refractivity contribution >= 4 is 0 Å². The van der Waals surface area contributed by atoms with Crippen molar-refractivity contribution in [1.82, 2.24) is 5.32 Å². The Labute approximate surface area is 112 Å². The lowest BCUT2D eigenvalue weighted by Gasteiger charge is -2.16. The molecular weight excluding hydrogens is 222 g/mol. The Bertz CT molecular complexity index is 307. The fourth-order valence-corrected chi connectivity index (χ4v) is 2.06. The number of aryl methyl sites for hydroxylation is 1. The number of rotatable bonds is 9. The number of hydrogen-bond acceptors (Lipinski definition) is 2. The molecule has 0 heterocycles. The molecule has 102 valence electrons. The zero-order valence-electron chi connectivity index (χ0n) is 12.0. The molecule has 1 aromatic rings. The fourth-order valence-electron chi connectivity index (χ4n) is 2.06. The Balaban J connectivity index is 2.37. The summed E-state index contributed by atoms with van der Waals surface area (Å²) >= 11 is 0. The Kier molecular flexibility index (Phi) is 7.51. The van der Waals surface area contributed by atoms with Gasteiger partial charge in [-0.2, -0.15) is 0 Å². The van der Waals surface area contributed by atoms with E-state index in [2.05, 4.69) is 43.4 Å². The molecule has 0 saturated heterocycles. The minimum absolute atomic E-state index is 0.650. The van der Waals surface area contributed by atoms with Crippen LogP contribution in [-0.2, 0) is 6.42 Å². The van der Waals surface area contributed by atoms with Crippen LogP contribution in [0.15, 0.2) is 24.3 Å². The molecule has 0 amide bonds. The summed E-state index contributed by atoms with van der Waals surface area (Å²) in [5, 5.41) is 3.60. The van der Waals surface area contributed by atoms with Gasteiger partial charge in [-0.25, -0.2) is 0 Å². The maximum atomic E-state index is 5.45. The van der Waals surface area contributed by atoms with Gasteiger partial charge in [-0.15, -0.1) is 0 Å². The van der Waals surface area contributed by atoms with Crippen LogP contribution in [-0.4, -0.2) is 19.2 Å². The first-order valence-electron chi connectivity index (χ1n) is 7.25. The van der Waals surface area contributed by atoms with E-state index in [1.807, 2.05) is 6.92 Å². The van der Waals surface area contributed by atoms with Crippen molar-refractivity contribution in [3.8, 4) is 5.75 Å². The molecule has 1 atom stereocenters. The normalized spacial score (nSPS) is 12.4. The van der Waals surface area contributed by atoms with Gasteiger partial charge < -0.3 is 10.1 Å². The van der Waals surface area contributed by atoms with Crippen LogP contribution < -0.4 is 10.1 Å². The average Bonchev–Trinajstić information content (AvgIpc) is 2.41. The zero-order valence-corrected chi connectivity index (χ0v) is 12.0. The highest BCUT2D eigenvalue weighted by molar-refractivity contribution is 5.27. The van der Waals surface area contributed by atoms with Gasteiger partial charge in [-0.3, -0.25) is 0 Å². The van der Waals surface area contributed by atoms with Crippen LogP contribution in [0.1, 0.15) is 45.6 Å². The average molecular weight is 249 g/mol. The van der Waals surface area contributed by atoms with E-state index in [0.29, 0.717) is 6.04 Å². The summed E-state index contributed by atoms with van der Waals surface area (Å²) < 4.78 is 5.45. The molecule has 0 aliphatic carbocycles. The van der Waals surface area contributed by atoms with E-state index in [0.717, 1.165) is 25.3 Å². The molecular formula is C16H27NO. The predicted octanol–water partition coefficient (Wildman–Crippen LogP) is 3.80. The molecule has 0 saturated carbocycles. The molecule has 1 rings (SSSR count). The Morgan fingerprint density at radius 2 is 1.83 bits per heavy atom. The Hall–Kier alpha value is -1.02. The fraction of sp³-hybridized carbons (Fsp3) is 0.625. The first-order valence-corrected chi connectivity index (χ1v) is 7.25. The molecule has 0 spiro atoms. The van der Waals surface area contributed by atoms with Crippen molar-refractivity contribution in [2.75, 3.05) is 13.2 Å². The highest BCUT2D eigenvalue weighted by Gasteiger charge is 2.05. The van der Waals surface area contributed by atoms with E-state index in [1.165, 1.54) is 24.8 Å². The van der Waals surface area contributed by atoms with Crippen molar-refractivity contribution in [2.24, 2.45) is 0 Å². The monoisotopic (exact) mass is 249 g/mol. The summed E-state index contributed by atoms with van der Waals surface area (Å²) in [4.78, 5) is 0. The highest BCUT2D eigenvalue weighted by Crippen LogP contribution is 2.14. The van der Waals surface area contributed by atoms with Crippen molar-refractivity contribution in [3.05, 3.63) is 29.8 Å². The van der Waals surface area contributed by atoms with Gasteiger partial charge in [-0.1, -0.05) is 26.0 Å². The van der Waals surface area contributed by atoms with Crippen molar-refractivity contribution in [2.45, 2.75) is 52.5 Å². The van der Waals surface area contributed by atoms with Gasteiger partial charge in [0, 0.05) is 6.04 Å². The van der Waals surface area contributed by atoms with Crippen molar-refractivity contribution in [3.63, 3.8) is 0 Å². The molecule has 1 unspecified atom stereocenters. The van der Waals surface area contributed by atoms with Crippen LogP contribution in [0.4, 0.5) is 0 Å². The second kappa shape index (κ2) is 8.98. The van der Waals surface area contributed by atoms with E-state index >= 15 is 0 Å². The predicted molar refractivity (Wildman–Crippen MR) is 78.3 cm³/mol. The number of ether oxygens (including phenoxy) is 1. The second-order valence-corrected chi connectivity index (χ2v) is 4.67. The van der Waals surface area contributed by atoms with Gasteiger partial charge in [0.15, 0.2) is 0 Å². The molecule has 0 aliphatic heterocycles. The minimum atomic E-state index is 0.650. The number of hydrogen-bond donors (Lipinski definition) is 1. The van der Waals surface area contributed by atoms with E-state index < -0.39 is 0 Å². The van der Waals surface area contributed by atoms with Crippen LogP contribution in [0.3, 0.4) is 0 Å². The summed E-state index contributed by atoms with van der Waals surface area (Å²) in [5.41, 5.74) is 1.40. The molecule has 0 aromatic heterocycles. The maximum absolute atomic E-state index is 5.45. The van der Waals surface area contributed by atoms with E-state index in [1.54, 1.807) is 0 Å². The Morgan fingerprint density at radius 3 is 2.39 bits per heavy atom. The molecule has 1 N–H and O–H groups in total. The van der Waals surface area contributed by atoms with Gasteiger partial charge in [-0.05, 0) is 56.8 Å². The third kappa shape index (κ3) is 5.54. The van der Waals surface area contributed by atoms with Crippen LogP contribution in [0, 0.1) is 0 Å². The zero-order chi connectivity index (χ0) is 13.2. The van der Waals surface area contributed by atoms with E-state index in [9.17, 15) is 0 Å². The summed E-state index contributed by atoms with van der Waals surface area (Å²) in [5.74, 6) is 0.970. The molecule has 1 aromatic carbocycles. The molecule has 0 aliphatic rings. The number of benzene rings is 1. The van der Waals surface area contributed by atoms with Gasteiger partial charge in [0.25, 0.3) is 0 Å². The van der Waals surface area contributed by atoms with Gasteiger partial charge in [0.05, 0.1) is 6.61 Å². The molecule has 2 heteroatoms. The summed E-state index contributed by atoms with van der Waals surface area (Å²) in [6.07, 6.45) is 4.77. The molecule has 2 nitrogen and oxygen atoms in total. The molecule has 0 fully saturated rings. The van der Waals surface area contributed by atoms with Gasteiger partial charge >= 0.3 is 0 Å². The SMILES string of the molecule is CCCNC(CC)CCc1ccc(OCC)cc1. The Morgan fingerprint density at radius 1 is 1.11 bits per heavy atom. The largest absolute Gasteiger partial charge is 0.494 e. The highest BCUT2D eigenvalue weighted by atomic mass is 16.5. The standard InChI is InChI=1S/C16H27NO/c1-4-13-17-15(5-2)10-7-14-8-11-16(12-9-14)18-6-3/h8-9,11-12,15,17H,4-7,10,13H2,1-3H3. The smallest absolute Gasteiger partial charge is 0.119 e. The minimum Gasteiger partial charge on any atom is -0.494 e. The van der Waals surface area contributed by atoms with Crippen LogP contribution in [0.25, 0.3) is 0 Å². The lowest BCUT2D eigenvalue weighted by molar-refractivity contribution is 0.340. The lowest BCUT2D eigenvalue weighted by atomic mass is 10.0. The molecule has 0 radical (unpaired) electrons. The summed E-state index contributed by atoms with van der Waals surface area (Å²) in [6, 6.07) is 9.14. The van der Waals surface area contributed by atoms with Crippen LogP contribution in [0.2, 0.25) is 0 Å². The van der Waals surface area contributed by atoms with Gasteiger partial charge in [0.1, 0.15) is 5.75 Å². The lowest BCUT2D eigenvalue weighted by Crippen LogP contribution is -2.29. The summed E-state index contributed by atoms with van der Waals surface area (Å²) in [7, 11) is 0. The van der Waals surface area contributed by atoms with Crippen LogP contribution in [0.5, 0.6) is 5.75 Å². The maximum Gasteiger partial charge on any atom is 0.119 e. The van der Waals surface area contributed by atoms with Crippen molar-refractivity contribution < 1.29 is 4.74 Å². The molecule has 18 heavy (non-hydrogen) atoms. The van der Waals surface area contributed by atoms with E-state index in [-0.39, 0.29) is 0 Å². The second-order valence-electron chi connectivity index (χ2n) is 4.67. The molecule has 0 bridgehead atoms. The van der Waals surface area contributed by atoms with Crippen LogP contribution >= 0.6 is 0 Å². The summed E-state index contributed by atoms with van der Waals surface area (Å²) in [6.45, 7) is 8.34. The van der Waals surface area contributed by atoms with Crippen molar-refractivity contribution in [1.29, 1.82) is 0 Å². The topological polar surface area (TPSA) is 21.3 Å². The quantitative estimate of drug-likeness (QED) is 0.719. The van der Waals surface area contributed by atoms with Gasteiger partial charge in [0.2, 0.25) is 0 Å². The number of nitrogens with one attached hydrogen (secondary N) is 1.